The molecule has 0 radical (unpaired) electrons. The first-order chi connectivity index (χ1) is 9.43. The van der Waals surface area contributed by atoms with Gasteiger partial charge in [-0.25, -0.2) is 13.1 Å². The van der Waals surface area contributed by atoms with Crippen LogP contribution in [-0.2, 0) is 10.0 Å². The van der Waals surface area contributed by atoms with Crippen LogP contribution in [0.25, 0.3) is 0 Å². The monoisotopic (exact) mass is 396 g/mol. The highest BCUT2D eigenvalue weighted by molar-refractivity contribution is 9.10. The maximum Gasteiger partial charge on any atom is 0.241 e. The van der Waals surface area contributed by atoms with E-state index >= 15 is 0 Å². The lowest BCUT2D eigenvalue weighted by Crippen LogP contribution is -2.49. The van der Waals surface area contributed by atoms with Crippen molar-refractivity contribution in [1.29, 1.82) is 0 Å². The summed E-state index contributed by atoms with van der Waals surface area (Å²) in [6.45, 7) is 0.302. The molecule has 1 aliphatic rings. The molecule has 0 spiro atoms. The van der Waals surface area contributed by atoms with Crippen LogP contribution in [0.1, 0.15) is 38.5 Å². The molecule has 2 rings (SSSR count). The number of hydrogen-bond donors (Lipinski definition) is 2. The second kappa shape index (κ2) is 7.92. The maximum atomic E-state index is 12.3. The van der Waals surface area contributed by atoms with Crippen LogP contribution in [0, 0.1) is 0 Å². The summed E-state index contributed by atoms with van der Waals surface area (Å²) >= 11 is 3.27. The Labute approximate surface area is 141 Å². The smallest absolute Gasteiger partial charge is 0.241 e. The van der Waals surface area contributed by atoms with E-state index in [1.807, 2.05) is 0 Å². The Morgan fingerprint density at radius 2 is 1.71 bits per heavy atom. The van der Waals surface area contributed by atoms with E-state index in [4.69, 9.17) is 5.73 Å². The van der Waals surface area contributed by atoms with Crippen molar-refractivity contribution >= 4 is 38.4 Å². The Kier molecular flexibility index (Phi) is 7.13. The summed E-state index contributed by atoms with van der Waals surface area (Å²) in [4.78, 5) is 0.261. The van der Waals surface area contributed by atoms with E-state index in [-0.39, 0.29) is 17.3 Å². The normalized spacial score (nSPS) is 18.6. The molecule has 0 amide bonds. The van der Waals surface area contributed by atoms with Crippen molar-refractivity contribution in [3.63, 3.8) is 0 Å². The third-order valence-corrected chi connectivity index (χ3v) is 6.25. The van der Waals surface area contributed by atoms with Gasteiger partial charge in [-0.05, 0) is 40.9 Å². The van der Waals surface area contributed by atoms with Gasteiger partial charge in [0.1, 0.15) is 0 Å². The van der Waals surface area contributed by atoms with Crippen molar-refractivity contribution in [2.75, 3.05) is 6.54 Å². The second-order valence-electron chi connectivity index (χ2n) is 5.53. The maximum absolute atomic E-state index is 12.3. The molecule has 0 heterocycles. The molecule has 0 unspecified atom stereocenters. The summed E-state index contributed by atoms with van der Waals surface area (Å²) in [6.07, 6.45) is 6.29. The molecule has 0 atom stereocenters. The highest BCUT2D eigenvalue weighted by Gasteiger charge is 2.28. The summed E-state index contributed by atoms with van der Waals surface area (Å²) < 4.78 is 27.9. The molecule has 1 aromatic rings. The molecule has 3 N–H and O–H groups in total. The van der Waals surface area contributed by atoms with Crippen molar-refractivity contribution in [3.8, 4) is 0 Å². The minimum absolute atomic E-state index is 0. The van der Waals surface area contributed by atoms with Crippen LogP contribution in [0.15, 0.2) is 33.6 Å². The predicted molar refractivity (Wildman–Crippen MR) is 91.2 cm³/mol. The summed E-state index contributed by atoms with van der Waals surface area (Å²) in [5.74, 6) is 0. The molecular formula is C14H22BrClN2O2S. The molecule has 120 valence electrons. The lowest BCUT2D eigenvalue weighted by molar-refractivity contribution is 0.369. The predicted octanol–water partition coefficient (Wildman–Crippen LogP) is 3.20. The van der Waals surface area contributed by atoms with Crippen molar-refractivity contribution in [2.45, 2.75) is 49.0 Å². The molecule has 7 heteroatoms. The summed E-state index contributed by atoms with van der Waals surface area (Å²) in [5.41, 5.74) is 5.93. The van der Waals surface area contributed by atoms with Gasteiger partial charge in [-0.15, -0.1) is 12.4 Å². The van der Waals surface area contributed by atoms with Crippen molar-refractivity contribution in [2.24, 2.45) is 5.73 Å². The van der Waals surface area contributed by atoms with Gasteiger partial charge in [0, 0.05) is 16.6 Å². The van der Waals surface area contributed by atoms with E-state index < -0.39 is 15.6 Å². The molecular weight excluding hydrogens is 376 g/mol. The average Bonchev–Trinajstić information content (AvgIpc) is 2.63. The molecule has 1 fully saturated rings. The molecule has 0 aliphatic heterocycles. The molecule has 1 aromatic carbocycles. The van der Waals surface area contributed by atoms with Gasteiger partial charge < -0.3 is 5.73 Å². The summed E-state index contributed by atoms with van der Waals surface area (Å²) in [5, 5.41) is 0. The van der Waals surface area contributed by atoms with Crippen LogP contribution in [0.3, 0.4) is 0 Å². The first-order valence-electron chi connectivity index (χ1n) is 6.96. The zero-order chi connectivity index (χ0) is 14.6. The van der Waals surface area contributed by atoms with Gasteiger partial charge >= 0.3 is 0 Å². The van der Waals surface area contributed by atoms with Gasteiger partial charge in [-0.2, -0.15) is 0 Å². The van der Waals surface area contributed by atoms with Crippen LogP contribution in [0.5, 0.6) is 0 Å². The molecule has 21 heavy (non-hydrogen) atoms. The first-order valence-corrected chi connectivity index (χ1v) is 9.24. The first kappa shape index (κ1) is 18.9. The van der Waals surface area contributed by atoms with Gasteiger partial charge in [-0.1, -0.05) is 37.8 Å². The third-order valence-electron chi connectivity index (χ3n) is 3.84. The SMILES string of the molecule is Cl.NC1(CNS(=O)(=O)c2ccccc2Br)CCCCCC1. The van der Waals surface area contributed by atoms with E-state index in [9.17, 15) is 8.42 Å². The standard InChI is InChI=1S/C14H21BrN2O2S.ClH/c15-12-7-3-4-8-13(12)20(18,19)17-11-14(16)9-5-1-2-6-10-14;/h3-4,7-8,17H,1-2,5-6,9-11,16H2;1H. The molecule has 1 saturated carbocycles. The number of halogens is 2. The van der Waals surface area contributed by atoms with Crippen LogP contribution >= 0.6 is 28.3 Å². The molecule has 0 aromatic heterocycles. The highest BCUT2D eigenvalue weighted by atomic mass is 79.9. The largest absolute Gasteiger partial charge is 0.324 e. The number of sulfonamides is 1. The molecule has 0 bridgehead atoms. The van der Waals surface area contributed by atoms with Gasteiger partial charge in [0.2, 0.25) is 10.0 Å². The van der Waals surface area contributed by atoms with E-state index in [0.717, 1.165) is 25.7 Å². The Balaban J connectivity index is 0.00000220. The second-order valence-corrected chi connectivity index (χ2v) is 8.12. The molecule has 1 aliphatic carbocycles. The van der Waals surface area contributed by atoms with E-state index in [1.165, 1.54) is 12.8 Å². The van der Waals surface area contributed by atoms with E-state index in [1.54, 1.807) is 24.3 Å². The lowest BCUT2D eigenvalue weighted by Gasteiger charge is -2.28. The van der Waals surface area contributed by atoms with Gasteiger partial charge in [0.05, 0.1) is 4.90 Å². The number of benzene rings is 1. The number of hydrogen-bond acceptors (Lipinski definition) is 3. The topological polar surface area (TPSA) is 72.2 Å². The van der Waals surface area contributed by atoms with Crippen LogP contribution in [0.2, 0.25) is 0 Å². The minimum atomic E-state index is -3.52. The van der Waals surface area contributed by atoms with Gasteiger partial charge in [0.15, 0.2) is 0 Å². The Hall–Kier alpha value is -0.140. The summed E-state index contributed by atoms with van der Waals surface area (Å²) in [6, 6.07) is 6.81. The number of rotatable bonds is 4. The van der Waals surface area contributed by atoms with E-state index in [0.29, 0.717) is 11.0 Å². The van der Waals surface area contributed by atoms with Crippen molar-refractivity contribution in [3.05, 3.63) is 28.7 Å². The van der Waals surface area contributed by atoms with Gasteiger partial charge in [0.25, 0.3) is 0 Å². The van der Waals surface area contributed by atoms with Gasteiger partial charge in [-0.3, -0.25) is 0 Å². The van der Waals surface area contributed by atoms with Crippen LogP contribution in [-0.4, -0.2) is 20.5 Å². The summed E-state index contributed by atoms with van der Waals surface area (Å²) in [7, 11) is -3.52. The number of nitrogens with one attached hydrogen (secondary N) is 1. The van der Waals surface area contributed by atoms with E-state index in [2.05, 4.69) is 20.7 Å². The fourth-order valence-electron chi connectivity index (χ4n) is 2.59. The lowest BCUT2D eigenvalue weighted by atomic mass is 9.92. The molecule has 4 nitrogen and oxygen atoms in total. The zero-order valence-corrected chi connectivity index (χ0v) is 15.1. The van der Waals surface area contributed by atoms with Crippen LogP contribution < -0.4 is 10.5 Å². The fourth-order valence-corrected chi connectivity index (χ4v) is 4.73. The quantitative estimate of drug-likeness (QED) is 0.766. The fraction of sp³-hybridized carbons (Fsp3) is 0.571. The molecule has 0 saturated heterocycles. The van der Waals surface area contributed by atoms with Crippen molar-refractivity contribution < 1.29 is 8.42 Å². The Bertz CT molecular complexity index is 558. The zero-order valence-electron chi connectivity index (χ0n) is 11.8. The number of nitrogens with two attached hydrogens (primary N) is 1. The highest BCUT2D eigenvalue weighted by Crippen LogP contribution is 2.26. The van der Waals surface area contributed by atoms with Crippen molar-refractivity contribution in [1.82, 2.24) is 4.72 Å². The average molecular weight is 398 g/mol. The third kappa shape index (κ3) is 5.21. The van der Waals surface area contributed by atoms with Crippen LogP contribution in [0.4, 0.5) is 0 Å². The Morgan fingerprint density at radius 3 is 2.29 bits per heavy atom. The Morgan fingerprint density at radius 1 is 1.14 bits per heavy atom. The minimum Gasteiger partial charge on any atom is -0.324 e.